The average molecular weight is 260 g/mol. The number of unbranched alkanes of at least 4 members (excludes halogenated alkanes) is 3. The molecule has 0 spiro atoms. The molecule has 0 bridgehead atoms. The van der Waals surface area contributed by atoms with Gasteiger partial charge in [0.1, 0.15) is 12.2 Å². The number of aliphatic hydroxyl groups excluding tert-OH is 2. The lowest BCUT2D eigenvalue weighted by Crippen LogP contribution is -2.33. The topological polar surface area (TPSA) is 98.7 Å². The molecule has 6 nitrogen and oxygen atoms in total. The van der Waals surface area contributed by atoms with Gasteiger partial charge in [0.15, 0.2) is 0 Å². The molecule has 0 unspecified atom stereocenters. The summed E-state index contributed by atoms with van der Waals surface area (Å²) in [6.45, 7) is 3.98. The quantitative estimate of drug-likeness (QED) is 0.422. The largest absolute Gasteiger partial charge is 0.384 e. The molecule has 0 aliphatic rings. The second-order valence-electron chi connectivity index (χ2n) is 4.35. The van der Waals surface area contributed by atoms with E-state index in [1.165, 1.54) is 13.8 Å². The zero-order valence-corrected chi connectivity index (χ0v) is 11.1. The van der Waals surface area contributed by atoms with Crippen LogP contribution in [0.5, 0.6) is 0 Å². The molecule has 2 amide bonds. The van der Waals surface area contributed by atoms with E-state index in [0.29, 0.717) is 13.1 Å². The molecule has 6 heteroatoms. The van der Waals surface area contributed by atoms with Gasteiger partial charge in [0.05, 0.1) is 0 Å². The lowest BCUT2D eigenvalue weighted by Gasteiger charge is -2.08. The molecule has 106 valence electrons. The van der Waals surface area contributed by atoms with Crippen molar-refractivity contribution in [3.8, 4) is 0 Å². The van der Waals surface area contributed by atoms with Gasteiger partial charge in [-0.1, -0.05) is 12.8 Å². The minimum atomic E-state index is -0.958. The lowest BCUT2D eigenvalue weighted by atomic mass is 10.2. The zero-order chi connectivity index (χ0) is 14.0. The van der Waals surface area contributed by atoms with Gasteiger partial charge in [0.2, 0.25) is 11.8 Å². The molecular weight excluding hydrogens is 236 g/mol. The summed E-state index contributed by atoms with van der Waals surface area (Å²) < 4.78 is 0. The Balaban J connectivity index is 3.27. The Morgan fingerprint density at radius 2 is 1.17 bits per heavy atom. The van der Waals surface area contributed by atoms with Crippen LogP contribution in [0.4, 0.5) is 0 Å². The molecule has 0 heterocycles. The maximum atomic E-state index is 11.0. The third-order valence-electron chi connectivity index (χ3n) is 2.46. The van der Waals surface area contributed by atoms with Crippen molar-refractivity contribution in [3.63, 3.8) is 0 Å². The molecule has 0 aliphatic heterocycles. The summed E-state index contributed by atoms with van der Waals surface area (Å²) in [4.78, 5) is 22.0. The number of nitrogens with one attached hydrogen (secondary N) is 2. The SMILES string of the molecule is C[C@H](O)C(=O)NCCCCCCNC(=O)[C@H](C)O. The van der Waals surface area contributed by atoms with Crippen molar-refractivity contribution in [2.45, 2.75) is 51.7 Å². The van der Waals surface area contributed by atoms with Gasteiger partial charge in [-0.15, -0.1) is 0 Å². The van der Waals surface area contributed by atoms with E-state index in [9.17, 15) is 9.59 Å². The first-order valence-corrected chi connectivity index (χ1v) is 6.36. The number of aliphatic hydroxyl groups is 2. The molecule has 0 saturated carbocycles. The Bertz CT molecular complexity index is 228. The van der Waals surface area contributed by atoms with E-state index in [4.69, 9.17) is 10.2 Å². The van der Waals surface area contributed by atoms with Crippen LogP contribution in [0.2, 0.25) is 0 Å². The van der Waals surface area contributed by atoms with E-state index in [1.54, 1.807) is 0 Å². The first-order chi connectivity index (χ1) is 8.45. The van der Waals surface area contributed by atoms with Gasteiger partial charge in [-0.25, -0.2) is 0 Å². The van der Waals surface area contributed by atoms with Crippen LogP contribution in [0.15, 0.2) is 0 Å². The second-order valence-corrected chi connectivity index (χ2v) is 4.35. The Morgan fingerprint density at radius 3 is 1.44 bits per heavy atom. The van der Waals surface area contributed by atoms with Crippen molar-refractivity contribution in [1.82, 2.24) is 10.6 Å². The van der Waals surface area contributed by atoms with Crippen LogP contribution in [-0.2, 0) is 9.59 Å². The van der Waals surface area contributed by atoms with Crippen molar-refractivity contribution in [2.24, 2.45) is 0 Å². The molecule has 2 atom stereocenters. The summed E-state index contributed by atoms with van der Waals surface area (Å²) in [5, 5.41) is 23.1. The number of amides is 2. The predicted octanol–water partition coefficient (Wildman–Crippen LogP) is -0.459. The van der Waals surface area contributed by atoms with Crippen molar-refractivity contribution >= 4 is 11.8 Å². The van der Waals surface area contributed by atoms with E-state index in [1.807, 2.05) is 0 Å². The van der Waals surface area contributed by atoms with Crippen LogP contribution < -0.4 is 10.6 Å². The Morgan fingerprint density at radius 1 is 0.833 bits per heavy atom. The highest BCUT2D eigenvalue weighted by atomic mass is 16.3. The smallest absolute Gasteiger partial charge is 0.248 e. The standard InChI is InChI=1S/C12H24N2O4/c1-9(15)11(17)13-7-5-3-4-6-8-14-12(18)10(2)16/h9-10,15-16H,3-8H2,1-2H3,(H,13,17)(H,14,18)/t9-,10-/m0/s1. The highest BCUT2D eigenvalue weighted by Gasteiger charge is 2.07. The van der Waals surface area contributed by atoms with Crippen molar-refractivity contribution < 1.29 is 19.8 Å². The Kier molecular flexibility index (Phi) is 9.22. The molecule has 0 fully saturated rings. The van der Waals surface area contributed by atoms with Crippen LogP contribution in [0.3, 0.4) is 0 Å². The fourth-order valence-electron chi connectivity index (χ4n) is 1.32. The highest BCUT2D eigenvalue weighted by Crippen LogP contribution is 1.98. The molecule has 0 radical (unpaired) electrons. The van der Waals surface area contributed by atoms with E-state index in [-0.39, 0.29) is 11.8 Å². The van der Waals surface area contributed by atoms with Crippen LogP contribution in [0, 0.1) is 0 Å². The highest BCUT2D eigenvalue weighted by molar-refractivity contribution is 5.80. The summed E-state index contributed by atoms with van der Waals surface area (Å²) >= 11 is 0. The number of carbonyl (C=O) groups excluding carboxylic acids is 2. The van der Waals surface area contributed by atoms with Gasteiger partial charge in [-0.2, -0.15) is 0 Å². The summed E-state index contributed by atoms with van der Waals surface area (Å²) in [6.07, 6.45) is 1.68. The normalized spacial score (nSPS) is 13.8. The van der Waals surface area contributed by atoms with Crippen molar-refractivity contribution in [2.75, 3.05) is 13.1 Å². The first-order valence-electron chi connectivity index (χ1n) is 6.36. The fourth-order valence-corrected chi connectivity index (χ4v) is 1.32. The van der Waals surface area contributed by atoms with Crippen LogP contribution in [0.1, 0.15) is 39.5 Å². The van der Waals surface area contributed by atoms with Gasteiger partial charge in [-0.05, 0) is 26.7 Å². The third-order valence-corrected chi connectivity index (χ3v) is 2.46. The fraction of sp³-hybridized carbons (Fsp3) is 0.833. The Labute approximate surface area is 108 Å². The zero-order valence-electron chi connectivity index (χ0n) is 11.1. The van der Waals surface area contributed by atoms with E-state index >= 15 is 0 Å². The maximum Gasteiger partial charge on any atom is 0.248 e. The summed E-state index contributed by atoms with van der Waals surface area (Å²) in [6, 6.07) is 0. The molecule has 4 N–H and O–H groups in total. The minimum absolute atomic E-state index is 0.348. The molecule has 0 saturated heterocycles. The van der Waals surface area contributed by atoms with Gasteiger partial charge in [-0.3, -0.25) is 9.59 Å². The van der Waals surface area contributed by atoms with Crippen LogP contribution >= 0.6 is 0 Å². The molecule has 0 aromatic rings. The molecule has 0 aromatic heterocycles. The van der Waals surface area contributed by atoms with Crippen molar-refractivity contribution in [3.05, 3.63) is 0 Å². The number of hydrogen-bond donors (Lipinski definition) is 4. The van der Waals surface area contributed by atoms with Gasteiger partial charge in [0, 0.05) is 13.1 Å². The van der Waals surface area contributed by atoms with Crippen LogP contribution in [0.25, 0.3) is 0 Å². The molecule has 0 rings (SSSR count). The Hall–Kier alpha value is -1.14. The third kappa shape index (κ3) is 8.95. The molecule has 18 heavy (non-hydrogen) atoms. The van der Waals surface area contributed by atoms with Crippen molar-refractivity contribution in [1.29, 1.82) is 0 Å². The van der Waals surface area contributed by atoms with Crippen LogP contribution in [-0.4, -0.2) is 47.3 Å². The van der Waals surface area contributed by atoms with Gasteiger partial charge in [0.25, 0.3) is 0 Å². The number of rotatable bonds is 9. The summed E-state index contributed by atoms with van der Waals surface area (Å²) in [7, 11) is 0. The number of hydrogen-bond acceptors (Lipinski definition) is 4. The van der Waals surface area contributed by atoms with E-state index in [0.717, 1.165) is 25.7 Å². The second kappa shape index (κ2) is 9.85. The molecular formula is C12H24N2O4. The molecule has 0 aliphatic carbocycles. The molecule has 0 aromatic carbocycles. The van der Waals surface area contributed by atoms with Gasteiger partial charge >= 0.3 is 0 Å². The predicted molar refractivity (Wildman–Crippen MR) is 67.8 cm³/mol. The van der Waals surface area contributed by atoms with E-state index < -0.39 is 12.2 Å². The van der Waals surface area contributed by atoms with E-state index in [2.05, 4.69) is 10.6 Å². The first kappa shape index (κ1) is 16.9. The monoisotopic (exact) mass is 260 g/mol. The number of carbonyl (C=O) groups is 2. The summed E-state index contributed by atoms with van der Waals surface area (Å²) in [5.41, 5.74) is 0. The summed E-state index contributed by atoms with van der Waals surface area (Å²) in [5.74, 6) is -0.696. The lowest BCUT2D eigenvalue weighted by molar-refractivity contribution is -0.129. The van der Waals surface area contributed by atoms with Gasteiger partial charge < -0.3 is 20.8 Å². The average Bonchev–Trinajstić information content (AvgIpc) is 2.31. The minimum Gasteiger partial charge on any atom is -0.384 e. The maximum absolute atomic E-state index is 11.0.